The van der Waals surface area contributed by atoms with E-state index in [9.17, 15) is 0 Å². The van der Waals surface area contributed by atoms with Gasteiger partial charge < -0.3 is 0 Å². The molecule has 0 aliphatic rings. The third-order valence-electron chi connectivity index (χ3n) is 3.83. The third-order valence-corrected chi connectivity index (χ3v) is 5.09. The highest BCUT2D eigenvalue weighted by molar-refractivity contribution is 7.17. The molecule has 0 saturated heterocycles. The van der Waals surface area contributed by atoms with Gasteiger partial charge in [0.05, 0.1) is 10.7 Å². The summed E-state index contributed by atoms with van der Waals surface area (Å²) in [6, 6.07) is 10.1. The van der Waals surface area contributed by atoms with Crippen molar-refractivity contribution in [1.82, 2.24) is 29.6 Å². The van der Waals surface area contributed by atoms with Gasteiger partial charge in [-0.2, -0.15) is 14.7 Å². The van der Waals surface area contributed by atoms with E-state index in [1.54, 1.807) is 9.20 Å². The lowest BCUT2D eigenvalue weighted by atomic mass is 10.2. The van der Waals surface area contributed by atoms with Crippen LogP contribution in [0.25, 0.3) is 28.6 Å². The van der Waals surface area contributed by atoms with E-state index in [2.05, 4.69) is 20.4 Å². The van der Waals surface area contributed by atoms with Gasteiger partial charge in [0.15, 0.2) is 0 Å². The Kier molecular flexibility index (Phi) is 4.10. The summed E-state index contributed by atoms with van der Waals surface area (Å²) in [5, 5.41) is 19.0. The summed E-state index contributed by atoms with van der Waals surface area (Å²) in [6.07, 6.45) is 4.76. The van der Waals surface area contributed by atoms with Crippen LogP contribution in [0, 0.1) is 0 Å². The van der Waals surface area contributed by atoms with Gasteiger partial charge in [0, 0.05) is 7.05 Å². The molecule has 0 aliphatic heterocycles. The molecule has 6 nitrogen and oxygen atoms in total. The molecular formula is C17H15ClN6S. The molecule has 8 heteroatoms. The Morgan fingerprint density at radius 3 is 2.64 bits per heavy atom. The Labute approximate surface area is 153 Å². The number of fused-ring (bicyclic) bond motifs is 1. The van der Waals surface area contributed by atoms with Gasteiger partial charge in [-0.3, -0.25) is 4.68 Å². The second kappa shape index (κ2) is 6.42. The minimum Gasteiger partial charge on any atom is -0.263 e. The standard InChI is InChI=1S/C17H15ClN6S/c1-3-12-14(18)15(23(2)21-12)16-19-20-17-24(16)22-13(25-17)10-9-11-7-5-4-6-8-11/h4-10H,3H2,1-2H3/b10-9+. The van der Waals surface area contributed by atoms with Crippen molar-refractivity contribution >= 4 is 40.1 Å². The molecule has 4 aromatic rings. The van der Waals surface area contributed by atoms with Crippen LogP contribution in [0.5, 0.6) is 0 Å². The maximum atomic E-state index is 6.47. The molecule has 0 spiro atoms. The zero-order valence-electron chi connectivity index (χ0n) is 13.7. The summed E-state index contributed by atoms with van der Waals surface area (Å²) in [5.41, 5.74) is 2.70. The summed E-state index contributed by atoms with van der Waals surface area (Å²) >= 11 is 7.94. The molecule has 25 heavy (non-hydrogen) atoms. The minimum absolute atomic E-state index is 0.602. The van der Waals surface area contributed by atoms with Crippen molar-refractivity contribution in [3.05, 3.63) is 51.6 Å². The van der Waals surface area contributed by atoms with Crippen molar-refractivity contribution in [3.8, 4) is 11.5 Å². The van der Waals surface area contributed by atoms with Gasteiger partial charge in [0.25, 0.3) is 0 Å². The Morgan fingerprint density at radius 2 is 1.92 bits per heavy atom. The molecule has 126 valence electrons. The maximum absolute atomic E-state index is 6.47. The van der Waals surface area contributed by atoms with Crippen LogP contribution in [0.4, 0.5) is 0 Å². The van der Waals surface area contributed by atoms with Gasteiger partial charge in [0.2, 0.25) is 10.8 Å². The maximum Gasteiger partial charge on any atom is 0.235 e. The largest absolute Gasteiger partial charge is 0.263 e. The smallest absolute Gasteiger partial charge is 0.235 e. The van der Waals surface area contributed by atoms with E-state index >= 15 is 0 Å². The minimum atomic E-state index is 0.602. The molecule has 0 N–H and O–H groups in total. The first-order valence-corrected chi connectivity index (χ1v) is 9.04. The first kappa shape index (κ1) is 16.0. The zero-order valence-corrected chi connectivity index (χ0v) is 15.3. The number of aromatic nitrogens is 6. The van der Waals surface area contributed by atoms with Gasteiger partial charge in [-0.05, 0) is 18.1 Å². The normalized spacial score (nSPS) is 11.8. The highest BCUT2D eigenvalue weighted by Crippen LogP contribution is 2.30. The predicted octanol–water partition coefficient (Wildman–Crippen LogP) is 3.97. The number of rotatable bonds is 4. The number of nitrogens with zero attached hydrogens (tertiary/aromatic N) is 6. The number of halogens is 1. The van der Waals surface area contributed by atoms with E-state index in [-0.39, 0.29) is 0 Å². The van der Waals surface area contributed by atoms with E-state index in [0.29, 0.717) is 10.8 Å². The molecule has 3 heterocycles. The van der Waals surface area contributed by atoms with Crippen LogP contribution in [0.1, 0.15) is 23.2 Å². The fourth-order valence-electron chi connectivity index (χ4n) is 2.60. The first-order valence-electron chi connectivity index (χ1n) is 7.84. The summed E-state index contributed by atoms with van der Waals surface area (Å²) in [6.45, 7) is 2.02. The molecule has 3 aromatic heterocycles. The van der Waals surface area contributed by atoms with Crippen molar-refractivity contribution in [1.29, 1.82) is 0 Å². The van der Waals surface area contributed by atoms with Crippen LogP contribution in [-0.4, -0.2) is 29.6 Å². The van der Waals surface area contributed by atoms with Crippen molar-refractivity contribution in [2.24, 2.45) is 7.05 Å². The van der Waals surface area contributed by atoms with E-state index in [4.69, 9.17) is 11.6 Å². The first-order chi connectivity index (χ1) is 12.2. The number of hydrogen-bond acceptors (Lipinski definition) is 5. The second-order valence-corrected chi connectivity index (χ2v) is 6.85. The second-order valence-electron chi connectivity index (χ2n) is 5.49. The molecule has 0 fully saturated rings. The van der Waals surface area contributed by atoms with Crippen LogP contribution in [0.2, 0.25) is 5.02 Å². The average Bonchev–Trinajstić information content (AvgIpc) is 3.27. The summed E-state index contributed by atoms with van der Waals surface area (Å²) < 4.78 is 3.45. The summed E-state index contributed by atoms with van der Waals surface area (Å²) in [7, 11) is 1.85. The van der Waals surface area contributed by atoms with Gasteiger partial charge >= 0.3 is 0 Å². The highest BCUT2D eigenvalue weighted by Gasteiger charge is 2.21. The lowest BCUT2D eigenvalue weighted by molar-refractivity contribution is 0.744. The Morgan fingerprint density at radius 1 is 1.12 bits per heavy atom. The van der Waals surface area contributed by atoms with Gasteiger partial charge in [0.1, 0.15) is 10.7 Å². The quantitative estimate of drug-likeness (QED) is 0.545. The molecule has 0 aliphatic carbocycles. The van der Waals surface area contributed by atoms with Crippen LogP contribution < -0.4 is 0 Å². The predicted molar refractivity (Wildman–Crippen MR) is 101 cm³/mol. The van der Waals surface area contributed by atoms with Crippen molar-refractivity contribution < 1.29 is 0 Å². The molecule has 0 saturated carbocycles. The van der Waals surface area contributed by atoms with Crippen LogP contribution in [-0.2, 0) is 13.5 Å². The monoisotopic (exact) mass is 370 g/mol. The Bertz CT molecular complexity index is 1060. The van der Waals surface area contributed by atoms with Crippen LogP contribution in [0.3, 0.4) is 0 Å². The molecule has 0 unspecified atom stereocenters. The van der Waals surface area contributed by atoms with Gasteiger partial charge in [-0.25, -0.2) is 0 Å². The fraction of sp³-hybridized carbons (Fsp3) is 0.176. The van der Waals surface area contributed by atoms with Crippen LogP contribution >= 0.6 is 22.9 Å². The average molecular weight is 371 g/mol. The zero-order chi connectivity index (χ0) is 17.4. The molecule has 4 rings (SSSR count). The molecule has 0 amide bonds. The lowest BCUT2D eigenvalue weighted by Gasteiger charge is -1.98. The van der Waals surface area contributed by atoms with E-state index < -0.39 is 0 Å². The number of benzene rings is 1. The highest BCUT2D eigenvalue weighted by atomic mass is 35.5. The Balaban J connectivity index is 1.74. The van der Waals surface area contributed by atoms with Crippen LogP contribution in [0.15, 0.2) is 30.3 Å². The number of aryl methyl sites for hydroxylation is 2. The molecule has 0 bridgehead atoms. The van der Waals surface area contributed by atoms with E-state index in [0.717, 1.165) is 33.3 Å². The topological polar surface area (TPSA) is 60.9 Å². The van der Waals surface area contributed by atoms with Gasteiger partial charge in [-0.1, -0.05) is 66.3 Å². The SMILES string of the molecule is CCc1nn(C)c(-c2nnc3sc(/C=C/c4ccccc4)nn23)c1Cl. The molecular weight excluding hydrogens is 356 g/mol. The van der Waals surface area contributed by atoms with E-state index in [1.807, 2.05) is 56.5 Å². The van der Waals surface area contributed by atoms with Gasteiger partial charge in [-0.15, -0.1) is 10.2 Å². The molecule has 0 radical (unpaired) electrons. The van der Waals surface area contributed by atoms with Crippen molar-refractivity contribution in [2.45, 2.75) is 13.3 Å². The summed E-state index contributed by atoms with van der Waals surface area (Å²) in [4.78, 5) is 0.720. The molecule has 0 atom stereocenters. The third kappa shape index (κ3) is 2.85. The Hall–Kier alpha value is -2.51. The van der Waals surface area contributed by atoms with E-state index in [1.165, 1.54) is 11.3 Å². The lowest BCUT2D eigenvalue weighted by Crippen LogP contribution is -1.99. The molecule has 1 aromatic carbocycles. The van der Waals surface area contributed by atoms with Crippen molar-refractivity contribution in [2.75, 3.05) is 0 Å². The number of hydrogen-bond donors (Lipinski definition) is 0. The fourth-order valence-corrected chi connectivity index (χ4v) is 3.72. The van der Waals surface area contributed by atoms with Crippen molar-refractivity contribution in [3.63, 3.8) is 0 Å². The summed E-state index contributed by atoms with van der Waals surface area (Å²) in [5.74, 6) is 0.602.